The van der Waals surface area contributed by atoms with Crippen LogP contribution in [0.5, 0.6) is 5.75 Å². The second-order valence-electron chi connectivity index (χ2n) is 6.69. The number of hydrogen-bond donors (Lipinski definition) is 3. The van der Waals surface area contributed by atoms with Crippen molar-refractivity contribution >= 4 is 58.5 Å². The molecule has 3 aromatic rings. The van der Waals surface area contributed by atoms with Gasteiger partial charge in [-0.05, 0) is 60.2 Å². The van der Waals surface area contributed by atoms with Gasteiger partial charge in [-0.1, -0.05) is 35.3 Å². The fourth-order valence-electron chi connectivity index (χ4n) is 2.55. The van der Waals surface area contributed by atoms with E-state index < -0.39 is 23.5 Å². The lowest BCUT2D eigenvalue weighted by atomic mass is 10.2. The summed E-state index contributed by atoms with van der Waals surface area (Å²) >= 11 is 11.9. The minimum absolute atomic E-state index is 0.262. The molecule has 0 unspecified atom stereocenters. The van der Waals surface area contributed by atoms with E-state index in [9.17, 15) is 18.8 Å². The van der Waals surface area contributed by atoms with Crippen molar-refractivity contribution in [1.29, 1.82) is 0 Å². The van der Waals surface area contributed by atoms with Gasteiger partial charge < -0.3 is 15.4 Å². The number of amides is 3. The number of hydrazone groups is 1. The van der Waals surface area contributed by atoms with E-state index in [1.807, 2.05) is 0 Å². The zero-order chi connectivity index (χ0) is 24.5. The largest absolute Gasteiger partial charge is 0.484 e. The maximum absolute atomic E-state index is 12.9. The van der Waals surface area contributed by atoms with E-state index in [1.54, 1.807) is 36.4 Å². The Balaban J connectivity index is 1.48. The minimum atomic E-state index is -1.01. The van der Waals surface area contributed by atoms with Crippen molar-refractivity contribution < 1.29 is 23.5 Å². The van der Waals surface area contributed by atoms with Crippen LogP contribution in [0.4, 0.5) is 15.8 Å². The monoisotopic (exact) mass is 502 g/mol. The van der Waals surface area contributed by atoms with Crippen LogP contribution in [-0.4, -0.2) is 30.5 Å². The Kier molecular flexibility index (Phi) is 8.55. The van der Waals surface area contributed by atoms with Gasteiger partial charge in [-0.3, -0.25) is 14.4 Å². The number of hydrogen-bond acceptors (Lipinski definition) is 5. The van der Waals surface area contributed by atoms with E-state index in [0.717, 1.165) is 12.1 Å². The number of rotatable bonds is 7. The van der Waals surface area contributed by atoms with Crippen molar-refractivity contribution in [2.45, 2.75) is 0 Å². The van der Waals surface area contributed by atoms with E-state index in [4.69, 9.17) is 27.9 Å². The first kappa shape index (κ1) is 24.7. The molecule has 0 spiro atoms. The highest BCUT2D eigenvalue weighted by atomic mass is 35.5. The Morgan fingerprint density at radius 1 is 0.941 bits per heavy atom. The third-order valence-electron chi connectivity index (χ3n) is 4.12. The van der Waals surface area contributed by atoms with E-state index in [2.05, 4.69) is 21.2 Å². The van der Waals surface area contributed by atoms with E-state index >= 15 is 0 Å². The molecule has 3 amide bonds. The third-order valence-corrected chi connectivity index (χ3v) is 4.67. The van der Waals surface area contributed by atoms with Gasteiger partial charge in [0.25, 0.3) is 5.91 Å². The molecule has 11 heteroatoms. The maximum Gasteiger partial charge on any atom is 0.329 e. The van der Waals surface area contributed by atoms with Crippen LogP contribution in [0.3, 0.4) is 0 Å². The number of ether oxygens (including phenoxy) is 1. The van der Waals surface area contributed by atoms with Gasteiger partial charge in [-0.2, -0.15) is 5.10 Å². The van der Waals surface area contributed by atoms with Gasteiger partial charge >= 0.3 is 11.8 Å². The number of nitrogens with zero attached hydrogens (tertiary/aromatic N) is 1. The van der Waals surface area contributed by atoms with E-state index in [1.165, 1.54) is 24.4 Å². The smallest absolute Gasteiger partial charge is 0.329 e. The number of anilines is 2. The summed E-state index contributed by atoms with van der Waals surface area (Å²) in [7, 11) is 0. The van der Waals surface area contributed by atoms with Gasteiger partial charge in [-0.25, -0.2) is 9.82 Å². The van der Waals surface area contributed by atoms with Crippen LogP contribution in [0.2, 0.25) is 10.0 Å². The van der Waals surface area contributed by atoms with Crippen molar-refractivity contribution in [3.05, 3.63) is 88.2 Å². The zero-order valence-corrected chi connectivity index (χ0v) is 18.9. The van der Waals surface area contributed by atoms with Crippen LogP contribution in [-0.2, 0) is 14.4 Å². The molecular formula is C23H17Cl2FN4O4. The quantitative estimate of drug-likeness (QED) is 0.255. The zero-order valence-electron chi connectivity index (χ0n) is 17.3. The molecule has 34 heavy (non-hydrogen) atoms. The Bertz CT molecular complexity index is 1240. The van der Waals surface area contributed by atoms with Gasteiger partial charge in [0.15, 0.2) is 6.61 Å². The van der Waals surface area contributed by atoms with Crippen LogP contribution in [0.15, 0.2) is 71.8 Å². The number of carbonyl (C=O) groups is 3. The summed E-state index contributed by atoms with van der Waals surface area (Å²) in [4.78, 5) is 35.8. The molecule has 0 aliphatic rings. The fraction of sp³-hybridized carbons (Fsp3) is 0.0435. The standard InChI is InChI=1S/C23H17Cl2FN4O4/c24-15-4-9-20(19(25)11-15)29-21(31)13-34-18-3-1-2-14(10-18)12-27-30-23(33)22(32)28-17-7-5-16(26)6-8-17/h1-12H,13H2,(H,28,32)(H,29,31)(H,30,33)/b27-12-. The van der Waals surface area contributed by atoms with Gasteiger partial charge in [-0.15, -0.1) is 0 Å². The SMILES string of the molecule is O=C(COc1cccc(/C=N\NC(=O)C(=O)Nc2ccc(F)cc2)c1)Nc1ccc(Cl)cc1Cl. The molecule has 0 saturated carbocycles. The summed E-state index contributed by atoms with van der Waals surface area (Å²) < 4.78 is 18.4. The van der Waals surface area contributed by atoms with Crippen molar-refractivity contribution in [1.82, 2.24) is 5.43 Å². The van der Waals surface area contributed by atoms with Gasteiger partial charge in [0, 0.05) is 10.7 Å². The Morgan fingerprint density at radius 3 is 2.44 bits per heavy atom. The Morgan fingerprint density at radius 2 is 1.71 bits per heavy atom. The molecule has 0 radical (unpaired) electrons. The maximum atomic E-state index is 12.9. The summed E-state index contributed by atoms with van der Waals surface area (Å²) in [6, 6.07) is 16.2. The van der Waals surface area contributed by atoms with Crippen LogP contribution in [0.25, 0.3) is 0 Å². The van der Waals surface area contributed by atoms with Crippen molar-refractivity contribution in [3.8, 4) is 5.75 Å². The Labute approximate surface area is 203 Å². The molecule has 0 aliphatic heterocycles. The summed E-state index contributed by atoms with van der Waals surface area (Å²) in [5.41, 5.74) is 3.29. The molecule has 0 saturated heterocycles. The molecule has 0 aromatic heterocycles. The first-order valence-electron chi connectivity index (χ1n) is 9.68. The van der Waals surface area contributed by atoms with Crippen molar-refractivity contribution in [2.75, 3.05) is 17.2 Å². The molecule has 3 rings (SSSR count). The summed E-state index contributed by atoms with van der Waals surface area (Å²) in [5, 5.41) is 9.40. The predicted molar refractivity (Wildman–Crippen MR) is 128 cm³/mol. The lowest BCUT2D eigenvalue weighted by Gasteiger charge is -2.09. The molecule has 0 atom stereocenters. The van der Waals surface area contributed by atoms with Crippen molar-refractivity contribution in [2.24, 2.45) is 5.10 Å². The second kappa shape index (κ2) is 11.8. The number of halogens is 3. The first-order chi connectivity index (χ1) is 16.3. The number of nitrogens with one attached hydrogen (secondary N) is 3. The van der Waals surface area contributed by atoms with Gasteiger partial charge in [0.1, 0.15) is 11.6 Å². The van der Waals surface area contributed by atoms with Crippen LogP contribution >= 0.6 is 23.2 Å². The highest BCUT2D eigenvalue weighted by Gasteiger charge is 2.13. The normalized spacial score (nSPS) is 10.6. The van der Waals surface area contributed by atoms with Crippen LogP contribution in [0.1, 0.15) is 5.56 Å². The fourth-order valence-corrected chi connectivity index (χ4v) is 3.00. The molecular weight excluding hydrogens is 486 g/mol. The highest BCUT2D eigenvalue weighted by molar-refractivity contribution is 6.39. The molecule has 0 heterocycles. The lowest BCUT2D eigenvalue weighted by molar-refractivity contribution is -0.136. The highest BCUT2D eigenvalue weighted by Crippen LogP contribution is 2.25. The average Bonchev–Trinajstić information content (AvgIpc) is 2.81. The van der Waals surface area contributed by atoms with Crippen molar-refractivity contribution in [3.63, 3.8) is 0 Å². The average molecular weight is 503 g/mol. The Hall–Kier alpha value is -3.95. The number of carbonyl (C=O) groups excluding carboxylic acids is 3. The van der Waals surface area contributed by atoms with Crippen LogP contribution < -0.4 is 20.8 Å². The molecule has 0 fully saturated rings. The topological polar surface area (TPSA) is 109 Å². The van der Waals surface area contributed by atoms with E-state index in [-0.39, 0.29) is 12.3 Å². The van der Waals surface area contributed by atoms with E-state index in [0.29, 0.717) is 27.0 Å². The molecule has 0 aliphatic carbocycles. The molecule has 174 valence electrons. The molecule has 3 aromatic carbocycles. The van der Waals surface area contributed by atoms with Gasteiger partial charge in [0.05, 0.1) is 16.9 Å². The number of benzene rings is 3. The van der Waals surface area contributed by atoms with Crippen LogP contribution in [0, 0.1) is 5.82 Å². The lowest BCUT2D eigenvalue weighted by Crippen LogP contribution is -2.32. The second-order valence-corrected chi connectivity index (χ2v) is 7.54. The summed E-state index contributed by atoms with van der Waals surface area (Å²) in [5.74, 6) is -2.49. The third kappa shape index (κ3) is 7.58. The summed E-state index contributed by atoms with van der Waals surface area (Å²) in [6.45, 7) is -0.278. The molecule has 0 bridgehead atoms. The molecule has 3 N–H and O–H groups in total. The predicted octanol–water partition coefficient (Wildman–Crippen LogP) is 4.24. The molecule has 8 nitrogen and oxygen atoms in total. The minimum Gasteiger partial charge on any atom is -0.484 e. The summed E-state index contributed by atoms with van der Waals surface area (Å²) in [6.07, 6.45) is 1.30. The van der Waals surface area contributed by atoms with Gasteiger partial charge in [0.2, 0.25) is 0 Å². The first-order valence-corrected chi connectivity index (χ1v) is 10.4.